The van der Waals surface area contributed by atoms with Gasteiger partial charge < -0.3 is 9.84 Å². The van der Waals surface area contributed by atoms with E-state index in [0.29, 0.717) is 19.7 Å². The second-order valence-corrected chi connectivity index (χ2v) is 6.25. The van der Waals surface area contributed by atoms with Crippen LogP contribution < -0.4 is 0 Å². The van der Waals surface area contributed by atoms with Gasteiger partial charge in [0.15, 0.2) is 0 Å². The largest absolute Gasteiger partial charge is 0.480 e. The van der Waals surface area contributed by atoms with Crippen molar-refractivity contribution in [3.8, 4) is 0 Å². The smallest absolute Gasteiger partial charge is 0.323 e. The minimum Gasteiger partial charge on any atom is -0.480 e. The van der Waals surface area contributed by atoms with Crippen LogP contribution in [-0.4, -0.2) is 41.8 Å². The zero-order valence-corrected chi connectivity index (χ0v) is 12.3. The van der Waals surface area contributed by atoms with E-state index < -0.39 is 12.0 Å². The molecule has 2 aromatic rings. The van der Waals surface area contributed by atoms with E-state index in [2.05, 4.69) is 0 Å². The Morgan fingerprint density at radius 3 is 3.05 bits per heavy atom. The molecule has 1 saturated heterocycles. The lowest BCUT2D eigenvalue weighted by Gasteiger charge is -2.32. The molecule has 1 aliphatic heterocycles. The summed E-state index contributed by atoms with van der Waals surface area (Å²) in [6, 6.07) is 7.37. The third-order valence-electron chi connectivity index (χ3n) is 3.47. The maximum Gasteiger partial charge on any atom is 0.323 e. The molecule has 3 rings (SSSR count). The molecule has 0 aliphatic carbocycles. The van der Waals surface area contributed by atoms with Crippen LogP contribution in [0.2, 0.25) is 5.02 Å². The Bertz CT molecular complexity index is 642. The van der Waals surface area contributed by atoms with Crippen molar-refractivity contribution in [1.82, 2.24) is 4.90 Å². The molecule has 0 bridgehead atoms. The van der Waals surface area contributed by atoms with Gasteiger partial charge in [-0.15, -0.1) is 11.3 Å². The number of benzene rings is 1. The lowest BCUT2D eigenvalue weighted by atomic mass is 10.2. The molecule has 1 aromatic heterocycles. The van der Waals surface area contributed by atoms with Crippen LogP contribution in [0.1, 0.15) is 4.88 Å². The van der Waals surface area contributed by atoms with Gasteiger partial charge in [-0.05, 0) is 6.07 Å². The monoisotopic (exact) mass is 311 g/mol. The van der Waals surface area contributed by atoms with E-state index >= 15 is 0 Å². The molecule has 6 heteroatoms. The van der Waals surface area contributed by atoms with Crippen LogP contribution in [0.25, 0.3) is 10.1 Å². The molecule has 106 valence electrons. The number of carbonyl (C=O) groups is 1. The van der Waals surface area contributed by atoms with Gasteiger partial charge in [0.2, 0.25) is 0 Å². The summed E-state index contributed by atoms with van der Waals surface area (Å²) in [7, 11) is 0. The van der Waals surface area contributed by atoms with E-state index in [1.54, 1.807) is 11.3 Å². The van der Waals surface area contributed by atoms with Crippen molar-refractivity contribution in [3.63, 3.8) is 0 Å². The molecule has 0 radical (unpaired) electrons. The number of morpholine rings is 1. The van der Waals surface area contributed by atoms with Crippen molar-refractivity contribution in [2.75, 3.05) is 19.8 Å². The second-order valence-electron chi connectivity index (χ2n) is 4.73. The van der Waals surface area contributed by atoms with Crippen LogP contribution >= 0.6 is 22.9 Å². The quantitative estimate of drug-likeness (QED) is 0.947. The number of fused-ring (bicyclic) bond motifs is 1. The molecule has 1 N–H and O–H groups in total. The Labute approximate surface area is 125 Å². The summed E-state index contributed by atoms with van der Waals surface area (Å²) in [5, 5.41) is 11.0. The Balaban J connectivity index is 1.88. The van der Waals surface area contributed by atoms with Crippen LogP contribution in [0.4, 0.5) is 0 Å². The van der Waals surface area contributed by atoms with Gasteiger partial charge in [-0.3, -0.25) is 9.69 Å². The number of aliphatic carboxylic acids is 1. The number of nitrogens with zero attached hydrogens (tertiary/aromatic N) is 1. The second kappa shape index (κ2) is 5.69. The minimum atomic E-state index is -0.845. The first-order chi connectivity index (χ1) is 9.66. The van der Waals surface area contributed by atoms with Gasteiger partial charge in [0.25, 0.3) is 0 Å². The predicted molar refractivity (Wildman–Crippen MR) is 79.5 cm³/mol. The fourth-order valence-electron chi connectivity index (χ4n) is 2.41. The Morgan fingerprint density at radius 2 is 2.30 bits per heavy atom. The molecule has 2 heterocycles. The Hall–Kier alpha value is -1.14. The number of thiophene rings is 1. The van der Waals surface area contributed by atoms with Crippen molar-refractivity contribution in [1.29, 1.82) is 0 Å². The topological polar surface area (TPSA) is 49.8 Å². The number of carboxylic acids is 1. The molecule has 1 aliphatic rings. The predicted octanol–water partition coefficient (Wildman–Crippen LogP) is 2.84. The molecule has 20 heavy (non-hydrogen) atoms. The molecular formula is C14H14ClNO3S. The van der Waals surface area contributed by atoms with Gasteiger partial charge in [0.1, 0.15) is 6.04 Å². The SMILES string of the molecule is O=C(O)C1COCCN1Cc1sc2ccccc2c1Cl. The molecule has 1 fully saturated rings. The summed E-state index contributed by atoms with van der Waals surface area (Å²) >= 11 is 8.03. The van der Waals surface area contributed by atoms with Crippen molar-refractivity contribution >= 4 is 39.0 Å². The van der Waals surface area contributed by atoms with Crippen LogP contribution in [-0.2, 0) is 16.1 Å². The maximum absolute atomic E-state index is 11.3. The number of hydrogen-bond acceptors (Lipinski definition) is 4. The van der Waals surface area contributed by atoms with Crippen molar-refractivity contribution in [3.05, 3.63) is 34.2 Å². The maximum atomic E-state index is 11.3. The summed E-state index contributed by atoms with van der Waals surface area (Å²) in [5.41, 5.74) is 0. The van der Waals surface area contributed by atoms with Gasteiger partial charge >= 0.3 is 5.97 Å². The highest BCUT2D eigenvalue weighted by Gasteiger charge is 2.30. The normalized spacial score (nSPS) is 20.4. The van der Waals surface area contributed by atoms with E-state index in [0.717, 1.165) is 20.0 Å². The molecule has 1 unspecified atom stereocenters. The zero-order valence-electron chi connectivity index (χ0n) is 10.7. The van der Waals surface area contributed by atoms with Gasteiger partial charge in [-0.2, -0.15) is 0 Å². The Morgan fingerprint density at radius 1 is 1.50 bits per heavy atom. The first kappa shape index (κ1) is 13.8. The van der Waals surface area contributed by atoms with Crippen molar-refractivity contribution in [2.24, 2.45) is 0 Å². The van der Waals surface area contributed by atoms with E-state index in [-0.39, 0.29) is 6.61 Å². The summed E-state index contributed by atoms with van der Waals surface area (Å²) in [6.07, 6.45) is 0. The zero-order chi connectivity index (χ0) is 14.1. The first-order valence-electron chi connectivity index (χ1n) is 6.37. The van der Waals surface area contributed by atoms with Crippen LogP contribution in [0.5, 0.6) is 0 Å². The number of ether oxygens (including phenoxy) is 1. The summed E-state index contributed by atoms with van der Waals surface area (Å²) in [6.45, 7) is 1.96. The van der Waals surface area contributed by atoms with Crippen LogP contribution in [0, 0.1) is 0 Å². The molecular weight excluding hydrogens is 298 g/mol. The summed E-state index contributed by atoms with van der Waals surface area (Å²) in [4.78, 5) is 14.2. The van der Waals surface area contributed by atoms with E-state index in [1.165, 1.54) is 0 Å². The van der Waals surface area contributed by atoms with Gasteiger partial charge in [-0.1, -0.05) is 29.8 Å². The van der Waals surface area contributed by atoms with Crippen molar-refractivity contribution in [2.45, 2.75) is 12.6 Å². The van der Waals surface area contributed by atoms with Crippen LogP contribution in [0.3, 0.4) is 0 Å². The molecule has 1 aromatic carbocycles. The molecule has 0 spiro atoms. The van der Waals surface area contributed by atoms with E-state index in [9.17, 15) is 9.90 Å². The number of hydrogen-bond donors (Lipinski definition) is 1. The van der Waals surface area contributed by atoms with Gasteiger partial charge in [0, 0.05) is 28.1 Å². The van der Waals surface area contributed by atoms with Crippen molar-refractivity contribution < 1.29 is 14.6 Å². The third-order valence-corrected chi connectivity index (χ3v) is 5.17. The van der Waals surface area contributed by atoms with E-state index in [4.69, 9.17) is 16.3 Å². The fourth-order valence-corrected chi connectivity index (χ4v) is 3.92. The Kier molecular flexibility index (Phi) is 3.94. The highest BCUT2D eigenvalue weighted by molar-refractivity contribution is 7.19. The van der Waals surface area contributed by atoms with E-state index in [1.807, 2.05) is 29.2 Å². The average Bonchev–Trinajstić information content (AvgIpc) is 2.76. The lowest BCUT2D eigenvalue weighted by molar-refractivity contribution is -0.150. The third kappa shape index (κ3) is 2.54. The average molecular weight is 312 g/mol. The minimum absolute atomic E-state index is 0.234. The standard InChI is InChI=1S/C14H14ClNO3S/c15-13-9-3-1-2-4-11(9)20-12(13)7-16-5-6-19-8-10(16)14(17)18/h1-4,10H,5-8H2,(H,17,18). The molecule has 1 atom stereocenters. The first-order valence-corrected chi connectivity index (χ1v) is 7.57. The van der Waals surface area contributed by atoms with Gasteiger partial charge in [0.05, 0.1) is 18.2 Å². The number of rotatable bonds is 3. The van der Waals surface area contributed by atoms with Crippen LogP contribution in [0.15, 0.2) is 24.3 Å². The van der Waals surface area contributed by atoms with Gasteiger partial charge in [-0.25, -0.2) is 0 Å². The summed E-state index contributed by atoms with van der Waals surface area (Å²) in [5.74, 6) is -0.845. The fraction of sp³-hybridized carbons (Fsp3) is 0.357. The highest BCUT2D eigenvalue weighted by atomic mass is 35.5. The molecule has 4 nitrogen and oxygen atoms in total. The highest BCUT2D eigenvalue weighted by Crippen LogP contribution is 2.36. The molecule has 0 saturated carbocycles. The summed E-state index contributed by atoms with van der Waals surface area (Å²) < 4.78 is 6.38. The lowest BCUT2D eigenvalue weighted by Crippen LogP contribution is -2.49. The number of carboxylic acid groups (broad SMARTS) is 1. The molecule has 0 amide bonds. The number of halogens is 1.